The number of carboxylic acids is 1. The second-order valence-electron chi connectivity index (χ2n) is 6.54. The normalized spacial score (nSPS) is 10.7. The van der Waals surface area contributed by atoms with Crippen molar-refractivity contribution < 1.29 is 24.2 Å². The summed E-state index contributed by atoms with van der Waals surface area (Å²) in [6.07, 6.45) is 4.43. The molecule has 0 saturated carbocycles. The smallest absolute Gasteiger partial charge is 0.340 e. The SMILES string of the molecule is C=C(C)CCc1c(OC)cc(/C=C/c2ccccc2)c(C(=O)O)c1OC(=O)CN. The van der Waals surface area contributed by atoms with Gasteiger partial charge in [0, 0.05) is 5.56 Å². The van der Waals surface area contributed by atoms with Gasteiger partial charge < -0.3 is 20.3 Å². The highest BCUT2D eigenvalue weighted by Crippen LogP contribution is 2.38. The van der Waals surface area contributed by atoms with Crippen LogP contribution in [0.1, 0.15) is 40.4 Å². The minimum Gasteiger partial charge on any atom is -0.496 e. The lowest BCUT2D eigenvalue weighted by molar-refractivity contribution is -0.132. The largest absolute Gasteiger partial charge is 0.496 e. The van der Waals surface area contributed by atoms with Crippen LogP contribution >= 0.6 is 0 Å². The molecule has 0 aliphatic carbocycles. The van der Waals surface area contributed by atoms with E-state index in [0.29, 0.717) is 29.7 Å². The fourth-order valence-corrected chi connectivity index (χ4v) is 2.82. The van der Waals surface area contributed by atoms with Gasteiger partial charge in [0.05, 0.1) is 13.7 Å². The van der Waals surface area contributed by atoms with Gasteiger partial charge in [-0.3, -0.25) is 4.79 Å². The first-order valence-electron chi connectivity index (χ1n) is 9.12. The maximum Gasteiger partial charge on any atom is 0.340 e. The summed E-state index contributed by atoms with van der Waals surface area (Å²) >= 11 is 0. The van der Waals surface area contributed by atoms with Crippen LogP contribution in [0.4, 0.5) is 0 Å². The molecule has 0 fully saturated rings. The molecule has 0 atom stereocenters. The van der Waals surface area contributed by atoms with Crippen LogP contribution in [0, 0.1) is 0 Å². The Morgan fingerprint density at radius 3 is 2.45 bits per heavy atom. The molecule has 2 aromatic rings. The molecule has 2 rings (SSSR count). The third-order valence-corrected chi connectivity index (χ3v) is 4.25. The van der Waals surface area contributed by atoms with Gasteiger partial charge in [-0.25, -0.2) is 4.79 Å². The average Bonchev–Trinajstić information content (AvgIpc) is 2.70. The molecular formula is C23H25NO5. The van der Waals surface area contributed by atoms with Gasteiger partial charge in [-0.15, -0.1) is 6.58 Å². The monoisotopic (exact) mass is 395 g/mol. The molecule has 0 heterocycles. The number of hydrogen-bond donors (Lipinski definition) is 2. The first kappa shape index (κ1) is 21.9. The standard InChI is InChI=1S/C23H25NO5/c1-15(2)9-12-18-19(28-3)13-17(11-10-16-7-5-4-6-8-16)21(23(26)27)22(18)29-20(25)14-24/h4-8,10-11,13H,1,9,12,14,24H2,2-3H3,(H,26,27)/b11-10+. The number of benzene rings is 2. The molecule has 0 unspecified atom stereocenters. The number of rotatable bonds is 9. The van der Waals surface area contributed by atoms with Crippen LogP contribution in [-0.2, 0) is 11.2 Å². The zero-order chi connectivity index (χ0) is 21.4. The summed E-state index contributed by atoms with van der Waals surface area (Å²) in [5, 5.41) is 9.88. The van der Waals surface area contributed by atoms with Crippen molar-refractivity contribution >= 4 is 24.1 Å². The lowest BCUT2D eigenvalue weighted by Gasteiger charge is -2.18. The Hall–Kier alpha value is -3.38. The Kier molecular flexibility index (Phi) is 7.74. The van der Waals surface area contributed by atoms with E-state index >= 15 is 0 Å². The van der Waals surface area contributed by atoms with E-state index in [1.807, 2.05) is 37.3 Å². The fraction of sp³-hybridized carbons (Fsp3) is 0.217. The lowest BCUT2D eigenvalue weighted by Crippen LogP contribution is -2.22. The maximum atomic E-state index is 12.1. The highest BCUT2D eigenvalue weighted by molar-refractivity contribution is 5.98. The summed E-state index contributed by atoms with van der Waals surface area (Å²) in [5.41, 5.74) is 7.92. The number of carbonyl (C=O) groups excluding carboxylic acids is 1. The quantitative estimate of drug-likeness (QED) is 0.289. The second-order valence-corrected chi connectivity index (χ2v) is 6.54. The summed E-state index contributed by atoms with van der Waals surface area (Å²) in [5.74, 6) is -1.54. The summed E-state index contributed by atoms with van der Waals surface area (Å²) in [4.78, 5) is 24.0. The minimum atomic E-state index is -1.21. The molecule has 152 valence electrons. The van der Waals surface area contributed by atoms with Crippen LogP contribution in [0.25, 0.3) is 12.2 Å². The molecule has 0 spiro atoms. The van der Waals surface area contributed by atoms with Crippen LogP contribution in [-0.4, -0.2) is 30.7 Å². The zero-order valence-electron chi connectivity index (χ0n) is 16.6. The molecule has 3 N–H and O–H groups in total. The van der Waals surface area contributed by atoms with E-state index < -0.39 is 11.9 Å². The molecule has 29 heavy (non-hydrogen) atoms. The van der Waals surface area contributed by atoms with Crippen molar-refractivity contribution in [3.63, 3.8) is 0 Å². The van der Waals surface area contributed by atoms with Crippen molar-refractivity contribution in [2.45, 2.75) is 19.8 Å². The third kappa shape index (κ3) is 5.80. The first-order chi connectivity index (χ1) is 13.9. The van der Waals surface area contributed by atoms with Gasteiger partial charge in [0.2, 0.25) is 0 Å². The van der Waals surface area contributed by atoms with Gasteiger partial charge in [0.25, 0.3) is 0 Å². The molecule has 0 aliphatic rings. The van der Waals surface area contributed by atoms with E-state index in [1.54, 1.807) is 18.2 Å². The van der Waals surface area contributed by atoms with Crippen LogP contribution in [0.5, 0.6) is 11.5 Å². The predicted octanol–water partition coefficient (Wildman–Crippen LogP) is 3.94. The molecule has 0 amide bonds. The first-order valence-corrected chi connectivity index (χ1v) is 9.12. The Balaban J connectivity index is 2.68. The molecule has 0 aromatic heterocycles. The van der Waals surface area contributed by atoms with Gasteiger partial charge in [0.1, 0.15) is 11.3 Å². The molecule has 0 aliphatic heterocycles. The Bertz CT molecular complexity index is 932. The predicted molar refractivity (Wildman–Crippen MR) is 113 cm³/mol. The van der Waals surface area contributed by atoms with E-state index in [4.69, 9.17) is 15.2 Å². The number of carboxylic acid groups (broad SMARTS) is 1. The number of allylic oxidation sites excluding steroid dienone is 1. The average molecular weight is 395 g/mol. The summed E-state index contributed by atoms with van der Waals surface area (Å²) in [6.45, 7) is 5.37. The molecule has 0 saturated heterocycles. The maximum absolute atomic E-state index is 12.1. The van der Waals surface area contributed by atoms with Gasteiger partial charge in [-0.05, 0) is 37.0 Å². The zero-order valence-corrected chi connectivity index (χ0v) is 16.6. The highest BCUT2D eigenvalue weighted by atomic mass is 16.5. The van der Waals surface area contributed by atoms with Crippen molar-refractivity contribution in [3.8, 4) is 11.5 Å². The number of carbonyl (C=O) groups is 2. The number of esters is 1. The molecule has 6 heteroatoms. The van der Waals surface area contributed by atoms with Crippen molar-refractivity contribution in [1.29, 1.82) is 0 Å². The minimum absolute atomic E-state index is 0.0405. The van der Waals surface area contributed by atoms with Crippen LogP contribution < -0.4 is 15.2 Å². The molecule has 2 aromatic carbocycles. The van der Waals surface area contributed by atoms with E-state index in [9.17, 15) is 14.7 Å². The van der Waals surface area contributed by atoms with Gasteiger partial charge in [-0.1, -0.05) is 48.1 Å². The summed E-state index contributed by atoms with van der Waals surface area (Å²) in [7, 11) is 1.49. The molecular weight excluding hydrogens is 370 g/mol. The third-order valence-electron chi connectivity index (χ3n) is 4.25. The summed E-state index contributed by atoms with van der Waals surface area (Å²) in [6, 6.07) is 11.1. The van der Waals surface area contributed by atoms with E-state index in [1.165, 1.54) is 7.11 Å². The Labute approximate surface area is 170 Å². The molecule has 0 bridgehead atoms. The van der Waals surface area contributed by atoms with E-state index in [0.717, 1.165) is 11.1 Å². The number of nitrogens with two attached hydrogens (primary N) is 1. The number of methoxy groups -OCH3 is 1. The number of ether oxygens (including phenoxy) is 2. The van der Waals surface area contributed by atoms with Gasteiger partial charge in [-0.2, -0.15) is 0 Å². The van der Waals surface area contributed by atoms with Crippen LogP contribution in [0.3, 0.4) is 0 Å². The molecule has 6 nitrogen and oxygen atoms in total. The van der Waals surface area contributed by atoms with Crippen molar-refractivity contribution in [2.24, 2.45) is 5.73 Å². The van der Waals surface area contributed by atoms with E-state index in [-0.39, 0.29) is 17.9 Å². The van der Waals surface area contributed by atoms with E-state index in [2.05, 4.69) is 6.58 Å². The number of hydrogen-bond acceptors (Lipinski definition) is 5. The number of aromatic carboxylic acids is 1. The van der Waals surface area contributed by atoms with Gasteiger partial charge in [0.15, 0.2) is 5.75 Å². The summed E-state index contributed by atoms with van der Waals surface area (Å²) < 4.78 is 10.8. The Morgan fingerprint density at radius 1 is 1.21 bits per heavy atom. The topological polar surface area (TPSA) is 98.9 Å². The van der Waals surface area contributed by atoms with Crippen molar-refractivity contribution in [2.75, 3.05) is 13.7 Å². The van der Waals surface area contributed by atoms with Crippen molar-refractivity contribution in [1.82, 2.24) is 0 Å². The second kappa shape index (κ2) is 10.2. The van der Waals surface area contributed by atoms with Crippen molar-refractivity contribution in [3.05, 3.63) is 70.8 Å². The molecule has 0 radical (unpaired) electrons. The Morgan fingerprint density at radius 2 is 1.90 bits per heavy atom. The van der Waals surface area contributed by atoms with Gasteiger partial charge >= 0.3 is 11.9 Å². The fourth-order valence-electron chi connectivity index (χ4n) is 2.82. The van der Waals surface area contributed by atoms with Crippen LogP contribution in [0.15, 0.2) is 48.6 Å². The van der Waals surface area contributed by atoms with Crippen LogP contribution in [0.2, 0.25) is 0 Å². The highest BCUT2D eigenvalue weighted by Gasteiger charge is 2.25. The lowest BCUT2D eigenvalue weighted by atomic mass is 9.96.